The fourth-order valence-electron chi connectivity index (χ4n) is 1.80. The Morgan fingerprint density at radius 1 is 1.62 bits per heavy atom. The lowest BCUT2D eigenvalue weighted by molar-refractivity contribution is 0.202. The maximum Gasteiger partial charge on any atom is 0.123 e. The summed E-state index contributed by atoms with van der Waals surface area (Å²) in [5.41, 5.74) is 1.16. The molecule has 1 aliphatic heterocycles. The molecule has 0 saturated carbocycles. The number of hydrogen-bond acceptors (Lipinski definition) is 3. The van der Waals surface area contributed by atoms with Crippen molar-refractivity contribution >= 4 is 11.6 Å². The van der Waals surface area contributed by atoms with Crippen molar-refractivity contribution in [1.29, 1.82) is 0 Å². The monoisotopic (exact) mass is 241 g/mol. The summed E-state index contributed by atoms with van der Waals surface area (Å²) in [6, 6.07) is 5.81. The van der Waals surface area contributed by atoms with E-state index in [1.54, 1.807) is 0 Å². The first-order chi connectivity index (χ1) is 7.69. The van der Waals surface area contributed by atoms with Gasteiger partial charge < -0.3 is 15.2 Å². The minimum Gasteiger partial charge on any atom is -0.488 e. The molecule has 4 heteroatoms. The largest absolute Gasteiger partial charge is 0.488 e. The predicted octanol–water partition coefficient (Wildman–Crippen LogP) is 1.61. The van der Waals surface area contributed by atoms with Crippen LogP contribution < -0.4 is 10.1 Å². The summed E-state index contributed by atoms with van der Waals surface area (Å²) in [7, 11) is 0. The van der Waals surface area contributed by atoms with Gasteiger partial charge in [-0.3, -0.25) is 0 Å². The number of rotatable bonds is 4. The van der Waals surface area contributed by atoms with Crippen LogP contribution in [0.4, 0.5) is 0 Å². The topological polar surface area (TPSA) is 41.5 Å². The lowest BCUT2D eigenvalue weighted by Gasteiger charge is -2.15. The lowest BCUT2D eigenvalue weighted by atomic mass is 10.1. The Morgan fingerprint density at radius 3 is 3.19 bits per heavy atom. The van der Waals surface area contributed by atoms with Crippen molar-refractivity contribution in [1.82, 2.24) is 5.32 Å². The molecule has 0 radical (unpaired) electrons. The van der Waals surface area contributed by atoms with Gasteiger partial charge in [-0.05, 0) is 30.7 Å². The van der Waals surface area contributed by atoms with Crippen LogP contribution in [0.5, 0.6) is 5.75 Å². The first kappa shape index (κ1) is 11.7. The van der Waals surface area contributed by atoms with E-state index in [4.69, 9.17) is 21.4 Å². The Balaban J connectivity index is 1.90. The van der Waals surface area contributed by atoms with Crippen molar-refractivity contribution in [2.45, 2.75) is 25.5 Å². The van der Waals surface area contributed by atoms with Crippen LogP contribution in [0.3, 0.4) is 0 Å². The van der Waals surface area contributed by atoms with Crippen molar-refractivity contribution in [3.05, 3.63) is 28.8 Å². The van der Waals surface area contributed by atoms with Crippen molar-refractivity contribution in [2.24, 2.45) is 0 Å². The summed E-state index contributed by atoms with van der Waals surface area (Å²) in [5, 5.41) is 12.9. The number of fused-ring (bicyclic) bond motifs is 1. The smallest absolute Gasteiger partial charge is 0.123 e. The number of nitrogens with one attached hydrogen (secondary N) is 1. The number of hydrogen-bond donors (Lipinski definition) is 2. The highest BCUT2D eigenvalue weighted by Gasteiger charge is 2.22. The van der Waals surface area contributed by atoms with E-state index < -0.39 is 0 Å². The summed E-state index contributed by atoms with van der Waals surface area (Å²) < 4.78 is 5.75. The molecule has 0 aromatic heterocycles. The van der Waals surface area contributed by atoms with Crippen LogP contribution in [-0.2, 0) is 6.42 Å². The molecule has 2 unspecified atom stereocenters. The number of benzene rings is 1. The zero-order valence-electron chi connectivity index (χ0n) is 9.24. The quantitative estimate of drug-likeness (QED) is 0.842. The van der Waals surface area contributed by atoms with E-state index in [1.165, 1.54) is 0 Å². The maximum absolute atomic E-state index is 8.90. The van der Waals surface area contributed by atoms with Crippen LogP contribution in [-0.4, -0.2) is 30.4 Å². The number of ether oxygens (including phenoxy) is 1. The molecule has 16 heavy (non-hydrogen) atoms. The molecule has 2 atom stereocenters. The van der Waals surface area contributed by atoms with Gasteiger partial charge in [0.25, 0.3) is 0 Å². The summed E-state index contributed by atoms with van der Waals surface area (Å²) in [5.74, 6) is 0.924. The number of aliphatic hydroxyl groups excluding tert-OH is 1. The Kier molecular flexibility index (Phi) is 3.69. The molecule has 1 aliphatic rings. The van der Waals surface area contributed by atoms with Gasteiger partial charge in [0.1, 0.15) is 11.9 Å². The van der Waals surface area contributed by atoms with Gasteiger partial charge in [-0.25, -0.2) is 0 Å². The molecular weight excluding hydrogens is 226 g/mol. The van der Waals surface area contributed by atoms with Gasteiger partial charge in [0.15, 0.2) is 0 Å². The molecular formula is C12H16ClNO2. The molecule has 0 amide bonds. The summed E-state index contributed by atoms with van der Waals surface area (Å²) >= 11 is 5.92. The lowest BCUT2D eigenvalue weighted by Crippen LogP contribution is -2.37. The van der Waals surface area contributed by atoms with Gasteiger partial charge in [0.05, 0.1) is 6.61 Å². The van der Waals surface area contributed by atoms with E-state index in [9.17, 15) is 0 Å². The molecule has 0 fully saturated rings. The van der Waals surface area contributed by atoms with Gasteiger partial charge in [-0.15, -0.1) is 0 Å². The summed E-state index contributed by atoms with van der Waals surface area (Å²) in [6.45, 7) is 2.83. The average molecular weight is 242 g/mol. The summed E-state index contributed by atoms with van der Waals surface area (Å²) in [6.07, 6.45) is 1.02. The Bertz CT molecular complexity index is 370. The fourth-order valence-corrected chi connectivity index (χ4v) is 1.99. The number of aliphatic hydroxyl groups is 1. The molecule has 1 aromatic rings. The van der Waals surface area contributed by atoms with Crippen LogP contribution >= 0.6 is 11.6 Å². The van der Waals surface area contributed by atoms with Crippen LogP contribution in [0, 0.1) is 0 Å². The van der Waals surface area contributed by atoms with Crippen LogP contribution in [0.15, 0.2) is 18.2 Å². The van der Waals surface area contributed by atoms with Crippen molar-refractivity contribution in [2.75, 3.05) is 13.2 Å². The molecule has 0 saturated heterocycles. The third kappa shape index (κ3) is 2.67. The normalized spacial score (nSPS) is 20.3. The Labute approximate surface area is 100 Å². The van der Waals surface area contributed by atoms with E-state index >= 15 is 0 Å². The zero-order valence-corrected chi connectivity index (χ0v) is 10.00. The van der Waals surface area contributed by atoms with E-state index in [2.05, 4.69) is 5.32 Å². The second-order valence-electron chi connectivity index (χ2n) is 4.19. The van der Waals surface area contributed by atoms with Gasteiger partial charge in [-0.2, -0.15) is 0 Å². The van der Waals surface area contributed by atoms with E-state index in [1.807, 2.05) is 25.1 Å². The molecule has 0 bridgehead atoms. The van der Waals surface area contributed by atoms with Crippen LogP contribution in [0.25, 0.3) is 0 Å². The second kappa shape index (κ2) is 5.04. The van der Waals surface area contributed by atoms with Gasteiger partial charge in [0, 0.05) is 24.0 Å². The molecule has 2 N–H and O–H groups in total. The van der Waals surface area contributed by atoms with Gasteiger partial charge >= 0.3 is 0 Å². The average Bonchev–Trinajstić information content (AvgIpc) is 2.67. The second-order valence-corrected chi connectivity index (χ2v) is 4.62. The Hall–Kier alpha value is -0.770. The van der Waals surface area contributed by atoms with E-state index in [0.29, 0.717) is 0 Å². The van der Waals surface area contributed by atoms with Crippen LogP contribution in [0.1, 0.15) is 12.5 Å². The molecule has 1 heterocycles. The highest BCUT2D eigenvalue weighted by atomic mass is 35.5. The minimum absolute atomic E-state index is 0.107. The van der Waals surface area contributed by atoms with Crippen LogP contribution in [0.2, 0.25) is 5.02 Å². The van der Waals surface area contributed by atoms with E-state index in [0.717, 1.165) is 29.3 Å². The van der Waals surface area contributed by atoms with Gasteiger partial charge in [0.2, 0.25) is 0 Å². The maximum atomic E-state index is 8.90. The standard InChI is InChI=1S/C12H16ClNO2/c1-8(7-15)14-6-11-5-9-4-10(13)2-3-12(9)16-11/h2-4,8,11,14-15H,5-7H2,1H3. The molecule has 3 nitrogen and oxygen atoms in total. The highest BCUT2D eigenvalue weighted by Crippen LogP contribution is 2.30. The molecule has 0 spiro atoms. The molecule has 2 rings (SSSR count). The molecule has 88 valence electrons. The Morgan fingerprint density at radius 2 is 2.44 bits per heavy atom. The summed E-state index contributed by atoms with van der Waals surface area (Å²) in [4.78, 5) is 0. The first-order valence-electron chi connectivity index (χ1n) is 5.48. The van der Waals surface area contributed by atoms with Crippen molar-refractivity contribution in [3.8, 4) is 5.75 Å². The zero-order chi connectivity index (χ0) is 11.5. The molecule has 0 aliphatic carbocycles. The van der Waals surface area contributed by atoms with Crippen molar-refractivity contribution < 1.29 is 9.84 Å². The third-order valence-corrected chi connectivity index (χ3v) is 2.97. The first-order valence-corrected chi connectivity index (χ1v) is 5.86. The predicted molar refractivity (Wildman–Crippen MR) is 64.1 cm³/mol. The number of halogens is 1. The van der Waals surface area contributed by atoms with Crippen molar-refractivity contribution in [3.63, 3.8) is 0 Å². The SMILES string of the molecule is CC(CO)NCC1Cc2cc(Cl)ccc2O1. The third-order valence-electron chi connectivity index (χ3n) is 2.73. The highest BCUT2D eigenvalue weighted by molar-refractivity contribution is 6.30. The minimum atomic E-state index is 0.107. The van der Waals surface area contributed by atoms with Gasteiger partial charge in [-0.1, -0.05) is 11.6 Å². The molecule has 1 aromatic carbocycles. The fraction of sp³-hybridized carbons (Fsp3) is 0.500. The van der Waals surface area contributed by atoms with E-state index in [-0.39, 0.29) is 18.8 Å².